The van der Waals surface area contributed by atoms with Gasteiger partial charge in [-0.2, -0.15) is 0 Å². The maximum Gasteiger partial charge on any atom is 0.0592 e. The van der Waals surface area contributed by atoms with Crippen LogP contribution in [0.25, 0.3) is 0 Å². The van der Waals surface area contributed by atoms with Gasteiger partial charge in [0.05, 0.1) is 26.0 Å². The second-order valence-corrected chi connectivity index (χ2v) is 8.47. The Balaban J connectivity index is 2.29. The zero-order valence-corrected chi connectivity index (χ0v) is 13.5. The highest BCUT2D eigenvalue weighted by atomic mass is 35.5. The van der Waals surface area contributed by atoms with E-state index in [4.69, 9.17) is 28.9 Å². The number of hydrogen-bond donors (Lipinski definition) is 1. The van der Waals surface area contributed by atoms with E-state index in [0.717, 1.165) is 19.3 Å². The van der Waals surface area contributed by atoms with Crippen LogP contribution in [0.1, 0.15) is 33.1 Å². The molecule has 0 aromatic heterocycles. The first kappa shape index (κ1) is 15.3. The van der Waals surface area contributed by atoms with Crippen LogP contribution < -0.4 is 5.73 Å². The molecule has 1 aromatic carbocycles. The highest BCUT2D eigenvalue weighted by Crippen LogP contribution is 2.39. The molecule has 1 fully saturated rings. The molecule has 1 saturated carbocycles. The van der Waals surface area contributed by atoms with E-state index < -0.39 is 10.8 Å². The first-order valence-corrected chi connectivity index (χ1v) is 8.38. The van der Waals surface area contributed by atoms with Gasteiger partial charge >= 0.3 is 0 Å². The molecule has 0 spiro atoms. The Bertz CT molecular complexity index is 504. The van der Waals surface area contributed by atoms with Crippen molar-refractivity contribution in [2.75, 3.05) is 0 Å². The predicted octanol–water partition coefficient (Wildman–Crippen LogP) is 4.01. The third-order valence-corrected chi connectivity index (χ3v) is 6.28. The zero-order valence-electron chi connectivity index (χ0n) is 11.2. The first-order chi connectivity index (χ1) is 8.80. The molecule has 0 heterocycles. The van der Waals surface area contributed by atoms with E-state index in [9.17, 15) is 4.21 Å². The monoisotopic (exact) mass is 319 g/mol. The van der Waals surface area contributed by atoms with Crippen LogP contribution >= 0.6 is 23.2 Å². The summed E-state index contributed by atoms with van der Waals surface area (Å²) >= 11 is 12.1. The number of hydrogen-bond acceptors (Lipinski definition) is 2. The van der Waals surface area contributed by atoms with Crippen molar-refractivity contribution in [2.24, 2.45) is 11.1 Å². The molecule has 0 bridgehead atoms. The van der Waals surface area contributed by atoms with Crippen molar-refractivity contribution in [3.05, 3.63) is 28.2 Å². The summed E-state index contributed by atoms with van der Waals surface area (Å²) in [5.41, 5.74) is 6.34. The molecule has 106 valence electrons. The summed E-state index contributed by atoms with van der Waals surface area (Å²) in [5.74, 6) is 0. The predicted molar refractivity (Wildman–Crippen MR) is 82.3 cm³/mol. The highest BCUT2D eigenvalue weighted by molar-refractivity contribution is 7.85. The molecule has 0 saturated heterocycles. The van der Waals surface area contributed by atoms with Crippen molar-refractivity contribution in [2.45, 2.75) is 49.3 Å². The van der Waals surface area contributed by atoms with Crippen LogP contribution in [0.3, 0.4) is 0 Å². The molecule has 1 aliphatic carbocycles. The minimum absolute atomic E-state index is 0.0380. The van der Waals surface area contributed by atoms with Crippen LogP contribution in [0.4, 0.5) is 0 Å². The van der Waals surface area contributed by atoms with E-state index in [2.05, 4.69) is 13.8 Å². The third kappa shape index (κ3) is 3.52. The summed E-state index contributed by atoms with van der Waals surface area (Å²) in [4.78, 5) is 0.604. The van der Waals surface area contributed by atoms with Crippen LogP contribution in [-0.4, -0.2) is 15.5 Å². The smallest absolute Gasteiger partial charge is 0.0592 e. The standard InChI is InChI=1S/C14H19Cl2NOS/c1-14(2)6-5-11(17)13(8-14)19(18)12-7-9(15)3-4-10(12)16/h3-4,7,11,13H,5-6,8,17H2,1-2H3. The second-order valence-electron chi connectivity index (χ2n) is 5.98. The van der Waals surface area contributed by atoms with Gasteiger partial charge in [0.2, 0.25) is 0 Å². The van der Waals surface area contributed by atoms with E-state index in [-0.39, 0.29) is 16.7 Å². The van der Waals surface area contributed by atoms with Gasteiger partial charge in [0.1, 0.15) is 0 Å². The average molecular weight is 320 g/mol. The van der Waals surface area contributed by atoms with Crippen LogP contribution in [-0.2, 0) is 10.8 Å². The van der Waals surface area contributed by atoms with E-state index in [1.54, 1.807) is 18.2 Å². The van der Waals surface area contributed by atoms with E-state index in [0.29, 0.717) is 14.9 Å². The molecule has 0 aliphatic heterocycles. The highest BCUT2D eigenvalue weighted by Gasteiger charge is 2.37. The summed E-state index contributed by atoms with van der Waals surface area (Å²) in [6.07, 6.45) is 2.83. The normalized spacial score (nSPS) is 28.1. The van der Waals surface area contributed by atoms with Gasteiger partial charge in [-0.3, -0.25) is 4.21 Å². The molecule has 2 rings (SSSR count). The third-order valence-electron chi connectivity index (χ3n) is 3.77. The second kappa shape index (κ2) is 5.72. The molecule has 5 heteroatoms. The lowest BCUT2D eigenvalue weighted by Gasteiger charge is -2.38. The summed E-state index contributed by atoms with van der Waals surface area (Å²) in [6, 6.07) is 5.05. The molecule has 2 N–H and O–H groups in total. The Labute approximate surface area is 127 Å². The van der Waals surface area contributed by atoms with Gasteiger partial charge in [-0.05, 0) is 42.9 Å². The van der Waals surface area contributed by atoms with Gasteiger partial charge in [0.15, 0.2) is 0 Å². The van der Waals surface area contributed by atoms with Gasteiger partial charge in [-0.1, -0.05) is 37.0 Å². The molecule has 2 nitrogen and oxygen atoms in total. The van der Waals surface area contributed by atoms with Crippen LogP contribution in [0.5, 0.6) is 0 Å². The van der Waals surface area contributed by atoms with Crippen molar-refractivity contribution >= 4 is 34.0 Å². The minimum Gasteiger partial charge on any atom is -0.327 e. The summed E-state index contributed by atoms with van der Waals surface area (Å²) < 4.78 is 12.8. The van der Waals surface area contributed by atoms with Crippen LogP contribution in [0, 0.1) is 5.41 Å². The Morgan fingerprint density at radius 1 is 1.37 bits per heavy atom. The maximum atomic E-state index is 12.8. The quantitative estimate of drug-likeness (QED) is 0.895. The van der Waals surface area contributed by atoms with Gasteiger partial charge in [-0.25, -0.2) is 0 Å². The average Bonchev–Trinajstić information content (AvgIpc) is 2.34. The number of halogens is 2. The van der Waals surface area contributed by atoms with Crippen LogP contribution in [0.2, 0.25) is 10.0 Å². The van der Waals surface area contributed by atoms with E-state index >= 15 is 0 Å². The van der Waals surface area contributed by atoms with Gasteiger partial charge in [-0.15, -0.1) is 0 Å². The lowest BCUT2D eigenvalue weighted by atomic mass is 9.75. The lowest BCUT2D eigenvalue weighted by molar-refractivity contribution is 0.230. The Morgan fingerprint density at radius 3 is 2.74 bits per heavy atom. The molecule has 3 atom stereocenters. The molecule has 3 unspecified atom stereocenters. The van der Waals surface area contributed by atoms with Crippen molar-refractivity contribution < 1.29 is 4.21 Å². The van der Waals surface area contributed by atoms with Crippen molar-refractivity contribution in [1.29, 1.82) is 0 Å². The van der Waals surface area contributed by atoms with Crippen LogP contribution in [0.15, 0.2) is 23.1 Å². The largest absolute Gasteiger partial charge is 0.327 e. The molecule has 19 heavy (non-hydrogen) atoms. The Hall–Kier alpha value is -0.0900. The maximum absolute atomic E-state index is 12.8. The first-order valence-electron chi connectivity index (χ1n) is 6.41. The Morgan fingerprint density at radius 2 is 2.05 bits per heavy atom. The van der Waals surface area contributed by atoms with Crippen molar-refractivity contribution in [1.82, 2.24) is 0 Å². The number of nitrogens with two attached hydrogens (primary N) is 1. The fraction of sp³-hybridized carbons (Fsp3) is 0.571. The van der Waals surface area contributed by atoms with E-state index in [1.807, 2.05) is 0 Å². The minimum atomic E-state index is -1.21. The topological polar surface area (TPSA) is 43.1 Å². The molecule has 0 amide bonds. The summed E-state index contributed by atoms with van der Waals surface area (Å²) in [5, 5.41) is 0.995. The van der Waals surface area contributed by atoms with E-state index in [1.165, 1.54) is 0 Å². The fourth-order valence-electron chi connectivity index (χ4n) is 2.57. The molecular formula is C14H19Cl2NOS. The lowest BCUT2D eigenvalue weighted by Crippen LogP contribution is -2.45. The van der Waals surface area contributed by atoms with Crippen molar-refractivity contribution in [3.8, 4) is 0 Å². The summed E-state index contributed by atoms with van der Waals surface area (Å²) in [6.45, 7) is 4.39. The van der Waals surface area contributed by atoms with Gasteiger partial charge in [0, 0.05) is 11.1 Å². The fourth-order valence-corrected chi connectivity index (χ4v) is 5.04. The molecule has 0 radical (unpaired) electrons. The van der Waals surface area contributed by atoms with Gasteiger partial charge in [0.25, 0.3) is 0 Å². The molecular weight excluding hydrogens is 301 g/mol. The Kier molecular flexibility index (Phi) is 4.61. The SMILES string of the molecule is CC1(C)CCC(N)C(S(=O)c2cc(Cl)ccc2Cl)C1. The van der Waals surface area contributed by atoms with Crippen molar-refractivity contribution in [3.63, 3.8) is 0 Å². The summed E-state index contributed by atoms with van der Waals surface area (Å²) in [7, 11) is -1.21. The number of benzene rings is 1. The molecule has 1 aromatic rings. The number of rotatable bonds is 2. The van der Waals surface area contributed by atoms with Gasteiger partial charge < -0.3 is 5.73 Å². The zero-order chi connectivity index (χ0) is 14.2. The molecule has 1 aliphatic rings.